The van der Waals surface area contributed by atoms with E-state index in [9.17, 15) is 9.90 Å². The van der Waals surface area contributed by atoms with E-state index in [0.29, 0.717) is 6.54 Å². The van der Waals surface area contributed by atoms with Crippen LogP contribution < -0.4 is 5.32 Å². The highest BCUT2D eigenvalue weighted by molar-refractivity contribution is 5.85. The molecule has 98 valence electrons. The SMILES string of the molecule is O=C(O)c1ccc(NCC2(CO)CCCC2)cn1. The summed E-state index contributed by atoms with van der Waals surface area (Å²) in [4.78, 5) is 14.5. The molecule has 3 N–H and O–H groups in total. The molecule has 1 aromatic heterocycles. The number of carboxylic acid groups (broad SMARTS) is 1. The van der Waals surface area contributed by atoms with E-state index in [0.717, 1.165) is 18.5 Å². The third-order valence-corrected chi connectivity index (χ3v) is 3.65. The zero-order valence-electron chi connectivity index (χ0n) is 10.2. The van der Waals surface area contributed by atoms with E-state index in [-0.39, 0.29) is 17.7 Å². The second kappa shape index (κ2) is 5.35. The first kappa shape index (κ1) is 12.8. The Morgan fingerprint density at radius 3 is 2.61 bits per heavy atom. The second-order valence-corrected chi connectivity index (χ2v) is 4.96. The average Bonchev–Trinajstić information content (AvgIpc) is 2.86. The standard InChI is InChI=1S/C13H18N2O3/c16-9-13(5-1-2-6-13)8-15-10-3-4-11(12(17)18)14-7-10/h3-4,7,15-16H,1-2,5-6,8-9H2,(H,17,18). The number of nitrogens with zero attached hydrogens (tertiary/aromatic N) is 1. The highest BCUT2D eigenvalue weighted by atomic mass is 16.4. The summed E-state index contributed by atoms with van der Waals surface area (Å²) in [6.07, 6.45) is 5.93. The molecule has 1 fully saturated rings. The molecule has 0 unspecified atom stereocenters. The van der Waals surface area contributed by atoms with Crippen LogP contribution in [0.2, 0.25) is 0 Å². The Morgan fingerprint density at radius 2 is 2.11 bits per heavy atom. The number of hydrogen-bond donors (Lipinski definition) is 3. The predicted molar refractivity (Wildman–Crippen MR) is 67.7 cm³/mol. The van der Waals surface area contributed by atoms with Crippen molar-refractivity contribution in [3.8, 4) is 0 Å². The van der Waals surface area contributed by atoms with E-state index in [1.807, 2.05) is 0 Å². The van der Waals surface area contributed by atoms with Crippen molar-refractivity contribution in [1.29, 1.82) is 0 Å². The molecule has 0 spiro atoms. The third kappa shape index (κ3) is 2.79. The Bertz CT molecular complexity index is 411. The predicted octanol–water partition coefficient (Wildman–Crippen LogP) is 1.74. The Hall–Kier alpha value is -1.62. The molecule has 0 saturated heterocycles. The van der Waals surface area contributed by atoms with Crippen LogP contribution in [0.3, 0.4) is 0 Å². The van der Waals surface area contributed by atoms with Gasteiger partial charge in [0, 0.05) is 12.0 Å². The minimum atomic E-state index is -1.02. The summed E-state index contributed by atoms with van der Waals surface area (Å²) < 4.78 is 0. The van der Waals surface area contributed by atoms with Crippen LogP contribution in [0.5, 0.6) is 0 Å². The van der Waals surface area contributed by atoms with Gasteiger partial charge in [0.25, 0.3) is 0 Å². The fraction of sp³-hybridized carbons (Fsp3) is 0.538. The van der Waals surface area contributed by atoms with Gasteiger partial charge in [-0.3, -0.25) is 0 Å². The summed E-state index contributed by atoms with van der Waals surface area (Å²) in [5, 5.41) is 21.4. The maximum absolute atomic E-state index is 10.7. The Balaban J connectivity index is 1.95. The fourth-order valence-electron chi connectivity index (χ4n) is 2.43. The summed E-state index contributed by atoms with van der Waals surface area (Å²) in [6, 6.07) is 3.18. The molecule has 0 aromatic carbocycles. The van der Waals surface area contributed by atoms with Gasteiger partial charge in [0.15, 0.2) is 0 Å². The van der Waals surface area contributed by atoms with Crippen molar-refractivity contribution in [2.75, 3.05) is 18.5 Å². The van der Waals surface area contributed by atoms with Crippen molar-refractivity contribution in [2.45, 2.75) is 25.7 Å². The number of aliphatic hydroxyl groups excluding tert-OH is 1. The number of aromatic nitrogens is 1. The molecule has 1 heterocycles. The second-order valence-electron chi connectivity index (χ2n) is 4.96. The van der Waals surface area contributed by atoms with Crippen LogP contribution in [0.25, 0.3) is 0 Å². The number of aromatic carboxylic acids is 1. The number of aliphatic hydroxyl groups is 1. The summed E-state index contributed by atoms with van der Waals surface area (Å²) in [5.41, 5.74) is 0.809. The number of pyridine rings is 1. The lowest BCUT2D eigenvalue weighted by Crippen LogP contribution is -2.30. The van der Waals surface area contributed by atoms with Crippen molar-refractivity contribution in [1.82, 2.24) is 4.98 Å². The molecule has 1 aliphatic rings. The lowest BCUT2D eigenvalue weighted by molar-refractivity contribution is 0.0690. The zero-order chi connectivity index (χ0) is 13.0. The molecule has 5 heteroatoms. The highest BCUT2D eigenvalue weighted by Gasteiger charge is 2.32. The third-order valence-electron chi connectivity index (χ3n) is 3.65. The number of nitrogens with one attached hydrogen (secondary N) is 1. The van der Waals surface area contributed by atoms with Gasteiger partial charge in [0.1, 0.15) is 5.69 Å². The first-order chi connectivity index (χ1) is 8.65. The van der Waals surface area contributed by atoms with Crippen LogP contribution in [0.15, 0.2) is 18.3 Å². The Morgan fingerprint density at radius 1 is 1.39 bits per heavy atom. The van der Waals surface area contributed by atoms with Crippen LogP contribution in [0.4, 0.5) is 5.69 Å². The number of carboxylic acids is 1. The maximum Gasteiger partial charge on any atom is 0.354 e. The van der Waals surface area contributed by atoms with Crippen LogP contribution >= 0.6 is 0 Å². The van der Waals surface area contributed by atoms with Gasteiger partial charge in [-0.2, -0.15) is 0 Å². The molecule has 0 atom stereocenters. The number of rotatable bonds is 5. The topological polar surface area (TPSA) is 82.5 Å². The van der Waals surface area contributed by atoms with Crippen molar-refractivity contribution in [3.63, 3.8) is 0 Å². The Kier molecular flexibility index (Phi) is 3.81. The number of carbonyl (C=O) groups is 1. The molecule has 2 rings (SSSR count). The van der Waals surface area contributed by atoms with Crippen LogP contribution in [-0.2, 0) is 0 Å². The largest absolute Gasteiger partial charge is 0.477 e. The lowest BCUT2D eigenvalue weighted by atomic mass is 9.87. The minimum absolute atomic E-state index is 0.0224. The molecule has 1 aromatic rings. The van der Waals surface area contributed by atoms with E-state index in [1.165, 1.54) is 25.1 Å². The minimum Gasteiger partial charge on any atom is -0.477 e. The van der Waals surface area contributed by atoms with Gasteiger partial charge in [0.2, 0.25) is 0 Å². The fourth-order valence-corrected chi connectivity index (χ4v) is 2.43. The quantitative estimate of drug-likeness (QED) is 0.741. The van der Waals surface area contributed by atoms with E-state index in [2.05, 4.69) is 10.3 Å². The summed E-state index contributed by atoms with van der Waals surface area (Å²) >= 11 is 0. The molecule has 0 bridgehead atoms. The number of anilines is 1. The Labute approximate surface area is 106 Å². The van der Waals surface area contributed by atoms with Gasteiger partial charge >= 0.3 is 5.97 Å². The zero-order valence-corrected chi connectivity index (χ0v) is 10.2. The molecule has 18 heavy (non-hydrogen) atoms. The lowest BCUT2D eigenvalue weighted by Gasteiger charge is -2.27. The first-order valence-corrected chi connectivity index (χ1v) is 6.19. The normalized spacial score (nSPS) is 17.6. The van der Waals surface area contributed by atoms with Crippen molar-refractivity contribution >= 4 is 11.7 Å². The number of hydrogen-bond acceptors (Lipinski definition) is 4. The van der Waals surface area contributed by atoms with Crippen molar-refractivity contribution in [2.24, 2.45) is 5.41 Å². The van der Waals surface area contributed by atoms with E-state index >= 15 is 0 Å². The van der Waals surface area contributed by atoms with Crippen LogP contribution in [0.1, 0.15) is 36.2 Å². The summed E-state index contributed by atoms with van der Waals surface area (Å²) in [5.74, 6) is -1.02. The molecular formula is C13H18N2O3. The van der Waals surface area contributed by atoms with E-state index in [1.54, 1.807) is 6.07 Å². The molecule has 0 amide bonds. The summed E-state index contributed by atoms with van der Waals surface area (Å²) in [6.45, 7) is 0.901. The smallest absolute Gasteiger partial charge is 0.354 e. The van der Waals surface area contributed by atoms with Crippen LogP contribution in [0, 0.1) is 5.41 Å². The molecule has 1 saturated carbocycles. The monoisotopic (exact) mass is 250 g/mol. The molecule has 0 radical (unpaired) electrons. The van der Waals surface area contributed by atoms with Crippen molar-refractivity contribution < 1.29 is 15.0 Å². The van der Waals surface area contributed by atoms with Crippen LogP contribution in [-0.4, -0.2) is 34.3 Å². The molecule has 1 aliphatic carbocycles. The van der Waals surface area contributed by atoms with Gasteiger partial charge in [0.05, 0.1) is 18.5 Å². The first-order valence-electron chi connectivity index (χ1n) is 6.19. The van der Waals surface area contributed by atoms with Gasteiger partial charge < -0.3 is 15.5 Å². The highest BCUT2D eigenvalue weighted by Crippen LogP contribution is 2.37. The van der Waals surface area contributed by atoms with Gasteiger partial charge in [-0.15, -0.1) is 0 Å². The molecule has 0 aliphatic heterocycles. The average molecular weight is 250 g/mol. The molecular weight excluding hydrogens is 232 g/mol. The maximum atomic E-state index is 10.7. The van der Waals surface area contributed by atoms with E-state index < -0.39 is 5.97 Å². The van der Waals surface area contributed by atoms with Crippen molar-refractivity contribution in [3.05, 3.63) is 24.0 Å². The van der Waals surface area contributed by atoms with Gasteiger partial charge in [-0.25, -0.2) is 9.78 Å². The van der Waals surface area contributed by atoms with E-state index in [4.69, 9.17) is 5.11 Å². The van der Waals surface area contributed by atoms with Gasteiger partial charge in [-0.1, -0.05) is 12.8 Å². The van der Waals surface area contributed by atoms with Gasteiger partial charge in [-0.05, 0) is 25.0 Å². The molecule has 5 nitrogen and oxygen atoms in total. The summed E-state index contributed by atoms with van der Waals surface area (Å²) in [7, 11) is 0.